The van der Waals surface area contributed by atoms with E-state index in [2.05, 4.69) is 20.5 Å². The van der Waals surface area contributed by atoms with Gasteiger partial charge in [-0.05, 0) is 31.0 Å². The number of aromatic nitrogens is 2. The Morgan fingerprint density at radius 2 is 2.32 bits per heavy atom. The van der Waals surface area contributed by atoms with Crippen molar-refractivity contribution in [3.8, 4) is 5.75 Å². The second-order valence-electron chi connectivity index (χ2n) is 4.98. The molecule has 1 aromatic heterocycles. The first-order chi connectivity index (χ1) is 10.7. The van der Waals surface area contributed by atoms with Gasteiger partial charge >= 0.3 is 0 Å². The van der Waals surface area contributed by atoms with Crippen LogP contribution in [0.25, 0.3) is 0 Å². The highest BCUT2D eigenvalue weighted by molar-refractivity contribution is 7.11. The van der Waals surface area contributed by atoms with Gasteiger partial charge in [-0.1, -0.05) is 22.9 Å². The maximum absolute atomic E-state index is 6.06. The lowest BCUT2D eigenvalue weighted by atomic mass is 10.3. The number of anilines is 1. The quantitative estimate of drug-likeness (QED) is 0.647. The molecule has 1 aromatic carbocycles. The predicted molar refractivity (Wildman–Crippen MR) is 88.8 cm³/mol. The molecule has 0 aliphatic heterocycles. The number of methoxy groups -OCH3 is 1. The smallest absolute Gasteiger partial charge is 0.193 e. The Bertz CT molecular complexity index is 698. The SMILES string of the molecule is COc1ccc(NC(N)=NCc2nnc(C3CC3)s2)cc1Cl. The summed E-state index contributed by atoms with van der Waals surface area (Å²) in [6.45, 7) is 0.424. The summed E-state index contributed by atoms with van der Waals surface area (Å²) in [5.74, 6) is 1.54. The molecule has 0 amide bonds. The van der Waals surface area contributed by atoms with Crippen molar-refractivity contribution in [2.24, 2.45) is 10.7 Å². The van der Waals surface area contributed by atoms with Crippen LogP contribution in [0.15, 0.2) is 23.2 Å². The number of halogens is 1. The van der Waals surface area contributed by atoms with Gasteiger partial charge in [0, 0.05) is 11.6 Å². The number of nitrogens with zero attached hydrogens (tertiary/aromatic N) is 3. The molecule has 3 N–H and O–H groups in total. The zero-order valence-electron chi connectivity index (χ0n) is 12.0. The molecule has 0 radical (unpaired) electrons. The molecule has 1 aliphatic rings. The van der Waals surface area contributed by atoms with Crippen molar-refractivity contribution in [2.75, 3.05) is 12.4 Å². The lowest BCUT2D eigenvalue weighted by Gasteiger charge is -2.08. The van der Waals surface area contributed by atoms with Crippen LogP contribution >= 0.6 is 22.9 Å². The molecule has 2 aromatic rings. The third-order valence-electron chi connectivity index (χ3n) is 3.22. The van der Waals surface area contributed by atoms with Gasteiger partial charge in [0.25, 0.3) is 0 Å². The summed E-state index contributed by atoms with van der Waals surface area (Å²) < 4.78 is 5.10. The molecular formula is C14H16ClN5OS. The molecule has 3 rings (SSSR count). The van der Waals surface area contributed by atoms with E-state index < -0.39 is 0 Å². The first-order valence-corrected chi connectivity index (χ1v) is 8.08. The molecule has 0 bridgehead atoms. The highest BCUT2D eigenvalue weighted by Gasteiger charge is 2.27. The molecule has 6 nitrogen and oxygen atoms in total. The summed E-state index contributed by atoms with van der Waals surface area (Å²) in [5, 5.41) is 13.8. The number of nitrogens with one attached hydrogen (secondary N) is 1. The van der Waals surface area contributed by atoms with Crippen molar-refractivity contribution in [3.05, 3.63) is 33.2 Å². The van der Waals surface area contributed by atoms with Crippen LogP contribution in [0.2, 0.25) is 5.02 Å². The summed E-state index contributed by atoms with van der Waals surface area (Å²) in [7, 11) is 1.57. The van der Waals surface area contributed by atoms with Crippen LogP contribution in [-0.4, -0.2) is 23.3 Å². The Balaban J connectivity index is 1.60. The molecule has 1 saturated carbocycles. The lowest BCUT2D eigenvalue weighted by Crippen LogP contribution is -2.22. The molecule has 0 atom stereocenters. The Morgan fingerprint density at radius 3 is 3.00 bits per heavy atom. The molecule has 116 valence electrons. The minimum Gasteiger partial charge on any atom is -0.495 e. The molecule has 8 heteroatoms. The van der Waals surface area contributed by atoms with Crippen LogP contribution in [0.3, 0.4) is 0 Å². The van der Waals surface area contributed by atoms with E-state index in [1.807, 2.05) is 6.07 Å². The Morgan fingerprint density at radius 1 is 1.50 bits per heavy atom. The van der Waals surface area contributed by atoms with Gasteiger partial charge in [-0.3, -0.25) is 0 Å². The van der Waals surface area contributed by atoms with E-state index in [9.17, 15) is 0 Å². The van der Waals surface area contributed by atoms with Crippen molar-refractivity contribution < 1.29 is 4.74 Å². The second kappa shape index (κ2) is 6.50. The van der Waals surface area contributed by atoms with Crippen molar-refractivity contribution in [2.45, 2.75) is 25.3 Å². The third kappa shape index (κ3) is 3.66. The van der Waals surface area contributed by atoms with Crippen LogP contribution in [0.1, 0.15) is 28.8 Å². The Labute approximate surface area is 137 Å². The average Bonchev–Trinajstić information content (AvgIpc) is 3.24. The van der Waals surface area contributed by atoms with Crippen molar-refractivity contribution in [1.29, 1.82) is 0 Å². The molecule has 1 heterocycles. The van der Waals surface area contributed by atoms with Gasteiger partial charge in [0.15, 0.2) is 5.96 Å². The van der Waals surface area contributed by atoms with Gasteiger partial charge < -0.3 is 15.8 Å². The monoisotopic (exact) mass is 337 g/mol. The molecular weight excluding hydrogens is 322 g/mol. The topological polar surface area (TPSA) is 85.4 Å². The number of hydrogen-bond donors (Lipinski definition) is 2. The number of rotatable bonds is 5. The largest absolute Gasteiger partial charge is 0.495 e. The molecule has 0 spiro atoms. The number of guanidine groups is 1. The maximum atomic E-state index is 6.06. The van der Waals surface area contributed by atoms with E-state index in [0.717, 1.165) is 15.7 Å². The molecule has 22 heavy (non-hydrogen) atoms. The predicted octanol–water partition coefficient (Wildman–Crippen LogP) is 3.00. The third-order valence-corrected chi connectivity index (χ3v) is 4.58. The summed E-state index contributed by atoms with van der Waals surface area (Å²) in [4.78, 5) is 4.27. The minimum absolute atomic E-state index is 0.310. The van der Waals surface area contributed by atoms with Gasteiger partial charge in [-0.15, -0.1) is 10.2 Å². The molecule has 1 aliphatic carbocycles. The van der Waals surface area contributed by atoms with Gasteiger partial charge in [0.2, 0.25) is 0 Å². The fourth-order valence-corrected chi connectivity index (χ4v) is 3.10. The summed E-state index contributed by atoms with van der Waals surface area (Å²) in [5.41, 5.74) is 6.63. The Kier molecular flexibility index (Phi) is 4.44. The van der Waals surface area contributed by atoms with Crippen LogP contribution in [0.4, 0.5) is 5.69 Å². The van der Waals surface area contributed by atoms with Gasteiger partial charge in [-0.25, -0.2) is 4.99 Å². The van der Waals surface area contributed by atoms with Gasteiger partial charge in [0.1, 0.15) is 15.8 Å². The highest BCUT2D eigenvalue weighted by Crippen LogP contribution is 2.41. The lowest BCUT2D eigenvalue weighted by molar-refractivity contribution is 0.415. The molecule has 0 unspecified atom stereocenters. The number of aliphatic imine (C=N–C) groups is 1. The number of ether oxygens (including phenoxy) is 1. The van der Waals surface area contributed by atoms with E-state index in [1.54, 1.807) is 30.6 Å². The number of nitrogens with two attached hydrogens (primary N) is 1. The van der Waals surface area contributed by atoms with E-state index in [0.29, 0.717) is 29.2 Å². The minimum atomic E-state index is 0.310. The Hall–Kier alpha value is -1.86. The van der Waals surface area contributed by atoms with Crippen LogP contribution in [0.5, 0.6) is 5.75 Å². The van der Waals surface area contributed by atoms with E-state index in [-0.39, 0.29) is 0 Å². The van der Waals surface area contributed by atoms with E-state index in [1.165, 1.54) is 12.8 Å². The summed E-state index contributed by atoms with van der Waals surface area (Å²) in [6.07, 6.45) is 2.44. The van der Waals surface area contributed by atoms with Crippen molar-refractivity contribution >= 4 is 34.6 Å². The first-order valence-electron chi connectivity index (χ1n) is 6.88. The van der Waals surface area contributed by atoms with Crippen molar-refractivity contribution in [3.63, 3.8) is 0 Å². The molecule has 0 saturated heterocycles. The van der Waals surface area contributed by atoms with Gasteiger partial charge in [0.05, 0.1) is 18.7 Å². The second-order valence-corrected chi connectivity index (χ2v) is 6.48. The zero-order valence-corrected chi connectivity index (χ0v) is 13.6. The number of hydrogen-bond acceptors (Lipinski definition) is 5. The normalized spacial score (nSPS) is 14.9. The number of benzene rings is 1. The van der Waals surface area contributed by atoms with E-state index >= 15 is 0 Å². The van der Waals surface area contributed by atoms with Gasteiger partial charge in [-0.2, -0.15) is 0 Å². The van der Waals surface area contributed by atoms with Crippen LogP contribution in [-0.2, 0) is 6.54 Å². The van der Waals surface area contributed by atoms with Crippen LogP contribution < -0.4 is 15.8 Å². The molecule has 1 fully saturated rings. The fourth-order valence-electron chi connectivity index (χ4n) is 1.91. The van der Waals surface area contributed by atoms with Crippen LogP contribution in [0, 0.1) is 0 Å². The van der Waals surface area contributed by atoms with Crippen molar-refractivity contribution in [1.82, 2.24) is 10.2 Å². The zero-order chi connectivity index (χ0) is 15.5. The van der Waals surface area contributed by atoms with E-state index in [4.69, 9.17) is 22.1 Å². The average molecular weight is 338 g/mol. The fraction of sp³-hybridized carbons (Fsp3) is 0.357. The standard InChI is InChI=1S/C14H16ClN5OS/c1-21-11-5-4-9(6-10(11)15)18-14(16)17-7-12-19-20-13(22-12)8-2-3-8/h4-6,8H,2-3,7H2,1H3,(H3,16,17,18). The maximum Gasteiger partial charge on any atom is 0.193 e. The summed E-state index contributed by atoms with van der Waals surface area (Å²) in [6, 6.07) is 5.33. The highest BCUT2D eigenvalue weighted by atomic mass is 35.5. The first kappa shape index (κ1) is 15.1. The summed E-state index contributed by atoms with van der Waals surface area (Å²) >= 11 is 7.67.